The van der Waals surface area contributed by atoms with E-state index in [9.17, 15) is 8.78 Å². The van der Waals surface area contributed by atoms with Crippen molar-refractivity contribution in [3.05, 3.63) is 47.5 Å². The Kier molecular flexibility index (Phi) is 10.8. The van der Waals surface area contributed by atoms with E-state index in [0.29, 0.717) is 36.5 Å². The number of benzene rings is 1. The Morgan fingerprint density at radius 2 is 1.55 bits per heavy atom. The van der Waals surface area contributed by atoms with Gasteiger partial charge in [0.25, 0.3) is 0 Å². The molecule has 2 aliphatic carbocycles. The van der Waals surface area contributed by atoms with E-state index < -0.39 is 17.2 Å². The Bertz CT molecular complexity index is 752. The standard InChI is InChI=1S/C28H39F2NO2/c1-2-15-32-16-3-4-21-11-13-25(14-12-21)33-20-23-8-5-22(6-9-23)7-10-24-17-27(29)26(19-31)28(30)18-24/h2,17-18,21-23,25H,1,3-16,20H2. The molecule has 0 atom stereocenters. The molecule has 0 bridgehead atoms. The van der Waals surface area contributed by atoms with Crippen LogP contribution in [0.4, 0.5) is 8.78 Å². The van der Waals surface area contributed by atoms with E-state index >= 15 is 0 Å². The lowest BCUT2D eigenvalue weighted by Crippen LogP contribution is -2.26. The first-order chi connectivity index (χ1) is 16.1. The lowest BCUT2D eigenvalue weighted by Gasteiger charge is -2.32. The lowest BCUT2D eigenvalue weighted by atomic mass is 9.79. The first-order valence-corrected chi connectivity index (χ1v) is 12.8. The van der Waals surface area contributed by atoms with Gasteiger partial charge in [0.15, 0.2) is 0 Å². The summed E-state index contributed by atoms with van der Waals surface area (Å²) in [6, 6.07) is 4.21. The Balaban J connectivity index is 1.26. The van der Waals surface area contributed by atoms with E-state index in [1.54, 1.807) is 12.1 Å². The number of aryl methyl sites for hydroxylation is 1. The Morgan fingerprint density at radius 3 is 2.18 bits per heavy atom. The second-order valence-electron chi connectivity index (χ2n) is 9.95. The van der Waals surface area contributed by atoms with Crippen molar-refractivity contribution in [2.24, 2.45) is 17.8 Å². The van der Waals surface area contributed by atoms with Gasteiger partial charge in [0.1, 0.15) is 23.3 Å². The van der Waals surface area contributed by atoms with Crippen molar-refractivity contribution < 1.29 is 18.3 Å². The third-order valence-corrected chi connectivity index (χ3v) is 7.52. The lowest BCUT2D eigenvalue weighted by molar-refractivity contribution is -0.0108. The monoisotopic (exact) mass is 459 g/mol. The van der Waals surface area contributed by atoms with Crippen LogP contribution in [0, 0.1) is 40.7 Å². The van der Waals surface area contributed by atoms with E-state index in [4.69, 9.17) is 14.7 Å². The summed E-state index contributed by atoms with van der Waals surface area (Å²) in [5.74, 6) is 0.574. The molecule has 3 rings (SSSR count). The number of rotatable bonds is 12. The van der Waals surface area contributed by atoms with Crippen LogP contribution in [-0.2, 0) is 15.9 Å². The van der Waals surface area contributed by atoms with Crippen molar-refractivity contribution in [3.8, 4) is 6.07 Å². The highest BCUT2D eigenvalue weighted by Crippen LogP contribution is 2.34. The topological polar surface area (TPSA) is 42.2 Å². The molecule has 33 heavy (non-hydrogen) atoms. The summed E-state index contributed by atoms with van der Waals surface area (Å²) in [6.45, 7) is 6.04. The van der Waals surface area contributed by atoms with Crippen molar-refractivity contribution in [3.63, 3.8) is 0 Å². The molecule has 0 unspecified atom stereocenters. The third-order valence-electron chi connectivity index (χ3n) is 7.52. The third kappa shape index (κ3) is 8.50. The number of hydrogen-bond donors (Lipinski definition) is 0. The minimum Gasteiger partial charge on any atom is -0.378 e. The normalized spacial score (nSPS) is 25.5. The summed E-state index contributed by atoms with van der Waals surface area (Å²) in [4.78, 5) is 0. The minimum absolute atomic E-state index is 0.428. The van der Waals surface area contributed by atoms with E-state index in [1.807, 2.05) is 0 Å². The molecule has 0 heterocycles. The van der Waals surface area contributed by atoms with Crippen molar-refractivity contribution in [2.45, 2.75) is 83.2 Å². The summed E-state index contributed by atoms with van der Waals surface area (Å²) < 4.78 is 39.4. The molecule has 182 valence electrons. The van der Waals surface area contributed by atoms with Gasteiger partial charge in [-0.3, -0.25) is 0 Å². The molecule has 0 radical (unpaired) electrons. The van der Waals surface area contributed by atoms with Crippen LogP contribution in [0.15, 0.2) is 24.8 Å². The largest absolute Gasteiger partial charge is 0.378 e. The maximum atomic E-state index is 13.8. The maximum absolute atomic E-state index is 13.8. The molecular formula is C28H39F2NO2. The van der Waals surface area contributed by atoms with E-state index in [1.165, 1.54) is 57.1 Å². The minimum atomic E-state index is -0.750. The van der Waals surface area contributed by atoms with Gasteiger partial charge in [0.05, 0.1) is 12.7 Å². The fourth-order valence-electron chi connectivity index (χ4n) is 5.43. The molecule has 0 saturated heterocycles. The molecule has 0 N–H and O–H groups in total. The maximum Gasteiger partial charge on any atom is 0.144 e. The molecule has 2 saturated carbocycles. The average molecular weight is 460 g/mol. The fourth-order valence-corrected chi connectivity index (χ4v) is 5.43. The van der Waals surface area contributed by atoms with Crippen LogP contribution in [-0.4, -0.2) is 25.9 Å². The van der Waals surface area contributed by atoms with Gasteiger partial charge in [0.2, 0.25) is 0 Å². The quantitative estimate of drug-likeness (QED) is 0.246. The van der Waals surface area contributed by atoms with Gasteiger partial charge in [-0.15, -0.1) is 6.58 Å². The highest BCUT2D eigenvalue weighted by Gasteiger charge is 2.25. The van der Waals surface area contributed by atoms with Crippen LogP contribution >= 0.6 is 0 Å². The predicted octanol–water partition coefficient (Wildman–Crippen LogP) is 7.13. The molecule has 0 amide bonds. The average Bonchev–Trinajstić information content (AvgIpc) is 2.82. The Morgan fingerprint density at radius 1 is 0.939 bits per heavy atom. The van der Waals surface area contributed by atoms with Gasteiger partial charge < -0.3 is 9.47 Å². The molecule has 0 aliphatic heterocycles. The van der Waals surface area contributed by atoms with E-state index in [2.05, 4.69) is 6.58 Å². The summed E-state index contributed by atoms with van der Waals surface area (Å²) in [5, 5.41) is 8.80. The van der Waals surface area contributed by atoms with Crippen LogP contribution < -0.4 is 0 Å². The molecule has 1 aromatic carbocycles. The number of halogens is 2. The predicted molar refractivity (Wildman–Crippen MR) is 127 cm³/mol. The smallest absolute Gasteiger partial charge is 0.144 e. The molecule has 5 heteroatoms. The number of nitrogens with zero attached hydrogens (tertiary/aromatic N) is 1. The highest BCUT2D eigenvalue weighted by atomic mass is 19.1. The van der Waals surface area contributed by atoms with E-state index in [-0.39, 0.29) is 0 Å². The Labute approximate surface area is 198 Å². The summed E-state index contributed by atoms with van der Waals surface area (Å²) in [5.41, 5.74) is 0.163. The first-order valence-electron chi connectivity index (χ1n) is 12.8. The van der Waals surface area contributed by atoms with Crippen molar-refractivity contribution in [1.82, 2.24) is 0 Å². The molecule has 1 aromatic rings. The van der Waals surface area contributed by atoms with Gasteiger partial charge in [-0.1, -0.05) is 18.9 Å². The zero-order chi connectivity index (χ0) is 23.5. The van der Waals surface area contributed by atoms with Crippen molar-refractivity contribution >= 4 is 0 Å². The molecule has 0 aromatic heterocycles. The van der Waals surface area contributed by atoms with Crippen molar-refractivity contribution in [2.75, 3.05) is 19.8 Å². The zero-order valence-corrected chi connectivity index (χ0v) is 19.9. The molecule has 2 aliphatic rings. The first kappa shape index (κ1) is 25.8. The van der Waals surface area contributed by atoms with Gasteiger partial charge in [-0.2, -0.15) is 5.26 Å². The van der Waals surface area contributed by atoms with Gasteiger partial charge in [-0.25, -0.2) is 8.78 Å². The van der Waals surface area contributed by atoms with E-state index in [0.717, 1.165) is 44.8 Å². The number of ether oxygens (including phenoxy) is 2. The van der Waals surface area contributed by atoms with Crippen LogP contribution in [0.1, 0.15) is 81.8 Å². The molecular weight excluding hydrogens is 420 g/mol. The zero-order valence-electron chi connectivity index (χ0n) is 19.9. The van der Waals surface area contributed by atoms with Gasteiger partial charge in [0, 0.05) is 13.2 Å². The molecule has 3 nitrogen and oxygen atoms in total. The Hall–Kier alpha value is -1.77. The summed E-state index contributed by atoms with van der Waals surface area (Å²) in [7, 11) is 0. The van der Waals surface area contributed by atoms with Crippen LogP contribution in [0.3, 0.4) is 0 Å². The van der Waals surface area contributed by atoms with Crippen LogP contribution in [0.25, 0.3) is 0 Å². The van der Waals surface area contributed by atoms with Crippen LogP contribution in [0.5, 0.6) is 0 Å². The summed E-state index contributed by atoms with van der Waals surface area (Å²) in [6.07, 6.45) is 15.8. The van der Waals surface area contributed by atoms with Gasteiger partial charge >= 0.3 is 0 Å². The molecule has 0 spiro atoms. The number of hydrogen-bond acceptors (Lipinski definition) is 3. The second-order valence-corrected chi connectivity index (χ2v) is 9.95. The van der Waals surface area contributed by atoms with Crippen molar-refractivity contribution in [1.29, 1.82) is 5.26 Å². The number of nitriles is 1. The highest BCUT2D eigenvalue weighted by molar-refractivity contribution is 5.35. The summed E-state index contributed by atoms with van der Waals surface area (Å²) >= 11 is 0. The fraction of sp³-hybridized carbons (Fsp3) is 0.679. The van der Waals surface area contributed by atoms with Crippen LogP contribution in [0.2, 0.25) is 0 Å². The second kappa shape index (κ2) is 13.8. The SMILES string of the molecule is C=CCOCCCC1CCC(OCC2CCC(CCc3cc(F)c(C#N)c(F)c3)CC2)CC1. The van der Waals surface area contributed by atoms with Gasteiger partial charge in [-0.05, 0) is 99.7 Å². The molecule has 2 fully saturated rings.